The Bertz CT molecular complexity index is 260. The number of likely N-dealkylation sites (tertiary alicyclic amines) is 1. The van der Waals surface area contributed by atoms with Gasteiger partial charge in [-0.05, 0) is 0 Å². The molecule has 78 valence electrons. The van der Waals surface area contributed by atoms with Crippen molar-refractivity contribution >= 4 is 11.8 Å². The highest BCUT2D eigenvalue weighted by Crippen LogP contribution is 2.11. The summed E-state index contributed by atoms with van der Waals surface area (Å²) < 4.78 is 0. The molecule has 1 N–H and O–H groups in total. The van der Waals surface area contributed by atoms with E-state index in [-0.39, 0.29) is 5.92 Å². The Hall–Kier alpha value is -1.16. The molecule has 1 aliphatic rings. The molecule has 1 aliphatic heterocycles. The molecule has 1 fully saturated rings. The van der Waals surface area contributed by atoms with E-state index in [1.807, 2.05) is 6.92 Å². The average molecular weight is 197 g/mol. The van der Waals surface area contributed by atoms with Crippen molar-refractivity contribution in [3.05, 3.63) is 12.2 Å². The number of piperidine rings is 1. The maximum atomic E-state index is 11.2. The van der Waals surface area contributed by atoms with E-state index in [1.54, 1.807) is 6.08 Å². The van der Waals surface area contributed by atoms with Crippen molar-refractivity contribution in [1.82, 2.24) is 4.90 Å². The Kier molecular flexibility index (Phi) is 3.83. The predicted octanol–water partition coefficient (Wildman–Crippen LogP) is 0.538. The number of carboxylic acids is 1. The van der Waals surface area contributed by atoms with Crippen LogP contribution in [-0.4, -0.2) is 41.4 Å². The highest BCUT2D eigenvalue weighted by atomic mass is 16.4. The lowest BCUT2D eigenvalue weighted by Gasteiger charge is -2.28. The third kappa shape index (κ3) is 3.30. The molecule has 14 heavy (non-hydrogen) atoms. The highest BCUT2D eigenvalue weighted by molar-refractivity contribution is 5.81. The van der Waals surface area contributed by atoms with Crippen molar-refractivity contribution in [2.75, 3.05) is 19.6 Å². The van der Waals surface area contributed by atoms with E-state index >= 15 is 0 Å². The number of hydrogen-bond acceptors (Lipinski definition) is 3. The molecule has 4 heteroatoms. The van der Waals surface area contributed by atoms with Crippen molar-refractivity contribution in [2.45, 2.75) is 13.3 Å². The number of nitrogens with zero attached hydrogens (tertiary/aromatic N) is 1. The van der Waals surface area contributed by atoms with Gasteiger partial charge >= 0.3 is 5.97 Å². The van der Waals surface area contributed by atoms with Crippen LogP contribution in [-0.2, 0) is 9.59 Å². The maximum Gasteiger partial charge on any atom is 0.328 e. The van der Waals surface area contributed by atoms with Gasteiger partial charge in [-0.1, -0.05) is 13.0 Å². The normalized spacial score (nSPS) is 24.4. The minimum absolute atomic E-state index is 0.0852. The maximum absolute atomic E-state index is 11.2. The largest absolute Gasteiger partial charge is 0.478 e. The number of Topliss-reactive ketones (excluding diaryl/α,β-unsaturated/α-hetero) is 1. The summed E-state index contributed by atoms with van der Waals surface area (Å²) in [5.41, 5.74) is 0. The lowest BCUT2D eigenvalue weighted by molar-refractivity contribution is -0.131. The minimum atomic E-state index is -0.925. The Morgan fingerprint density at radius 1 is 1.71 bits per heavy atom. The molecule has 0 spiro atoms. The molecule has 1 rings (SSSR count). The summed E-state index contributed by atoms with van der Waals surface area (Å²) >= 11 is 0. The van der Waals surface area contributed by atoms with Crippen LogP contribution >= 0.6 is 0 Å². The lowest BCUT2D eigenvalue weighted by Crippen LogP contribution is -2.39. The summed E-state index contributed by atoms with van der Waals surface area (Å²) in [6, 6.07) is 0. The van der Waals surface area contributed by atoms with Crippen molar-refractivity contribution in [2.24, 2.45) is 5.92 Å². The second kappa shape index (κ2) is 4.91. The number of ketones is 1. The summed E-state index contributed by atoms with van der Waals surface area (Å²) in [5, 5.41) is 8.38. The second-order valence-corrected chi connectivity index (χ2v) is 3.62. The summed E-state index contributed by atoms with van der Waals surface area (Å²) in [5.74, 6) is -0.531. The zero-order chi connectivity index (χ0) is 10.6. The third-order valence-corrected chi connectivity index (χ3v) is 2.38. The topological polar surface area (TPSA) is 57.6 Å². The smallest absolute Gasteiger partial charge is 0.328 e. The SMILES string of the molecule is CC1CN(C/C=C/C(=O)O)CCC1=O. The number of rotatable bonds is 3. The van der Waals surface area contributed by atoms with Crippen molar-refractivity contribution in [1.29, 1.82) is 0 Å². The molecule has 0 radical (unpaired) electrons. The second-order valence-electron chi connectivity index (χ2n) is 3.62. The number of carbonyl (C=O) groups excluding carboxylic acids is 1. The fourth-order valence-corrected chi connectivity index (χ4v) is 1.56. The van der Waals surface area contributed by atoms with Gasteiger partial charge in [0.05, 0.1) is 0 Å². The molecule has 0 bridgehead atoms. The van der Waals surface area contributed by atoms with E-state index < -0.39 is 5.97 Å². The number of hydrogen-bond donors (Lipinski definition) is 1. The van der Waals surface area contributed by atoms with Crippen molar-refractivity contribution in [3.63, 3.8) is 0 Å². The Morgan fingerprint density at radius 3 is 3.00 bits per heavy atom. The van der Waals surface area contributed by atoms with Crippen LogP contribution in [0, 0.1) is 5.92 Å². The fourth-order valence-electron chi connectivity index (χ4n) is 1.56. The van der Waals surface area contributed by atoms with Crippen LogP contribution in [0.2, 0.25) is 0 Å². The molecule has 4 nitrogen and oxygen atoms in total. The summed E-state index contributed by atoms with van der Waals surface area (Å²) in [7, 11) is 0. The zero-order valence-corrected chi connectivity index (χ0v) is 8.27. The van der Waals surface area contributed by atoms with Crippen molar-refractivity contribution < 1.29 is 14.7 Å². The first kappa shape index (κ1) is 10.9. The molecule has 1 heterocycles. The zero-order valence-electron chi connectivity index (χ0n) is 8.27. The number of carbonyl (C=O) groups is 2. The van der Waals surface area contributed by atoms with Crippen LogP contribution in [0.5, 0.6) is 0 Å². The Labute approximate surface area is 83.2 Å². The van der Waals surface area contributed by atoms with Gasteiger partial charge in [0, 0.05) is 38.0 Å². The highest BCUT2D eigenvalue weighted by Gasteiger charge is 2.22. The van der Waals surface area contributed by atoms with Gasteiger partial charge in [-0.25, -0.2) is 4.79 Å². The van der Waals surface area contributed by atoms with Gasteiger partial charge in [0.1, 0.15) is 5.78 Å². The van der Waals surface area contributed by atoms with Gasteiger partial charge in [0.25, 0.3) is 0 Å². The first-order chi connectivity index (χ1) is 6.59. The van der Waals surface area contributed by atoms with E-state index in [0.29, 0.717) is 18.7 Å². The van der Waals surface area contributed by atoms with Crippen LogP contribution in [0.1, 0.15) is 13.3 Å². The first-order valence-electron chi connectivity index (χ1n) is 4.74. The number of carboxylic acid groups (broad SMARTS) is 1. The van der Waals surface area contributed by atoms with Gasteiger partial charge in [0.15, 0.2) is 0 Å². The van der Waals surface area contributed by atoms with Gasteiger partial charge in [-0.3, -0.25) is 9.69 Å². The molecule has 1 unspecified atom stereocenters. The van der Waals surface area contributed by atoms with E-state index in [1.165, 1.54) is 0 Å². The van der Waals surface area contributed by atoms with Crippen LogP contribution < -0.4 is 0 Å². The first-order valence-corrected chi connectivity index (χ1v) is 4.74. The molecule has 1 saturated heterocycles. The van der Waals surface area contributed by atoms with E-state index in [2.05, 4.69) is 4.90 Å². The van der Waals surface area contributed by atoms with Crippen LogP contribution in [0.15, 0.2) is 12.2 Å². The van der Waals surface area contributed by atoms with Gasteiger partial charge in [0.2, 0.25) is 0 Å². The van der Waals surface area contributed by atoms with E-state index in [9.17, 15) is 9.59 Å². The lowest BCUT2D eigenvalue weighted by atomic mass is 9.99. The quantitative estimate of drug-likeness (QED) is 0.671. The van der Waals surface area contributed by atoms with Crippen LogP contribution in [0.4, 0.5) is 0 Å². The van der Waals surface area contributed by atoms with E-state index in [4.69, 9.17) is 5.11 Å². The Balaban J connectivity index is 2.33. The Morgan fingerprint density at radius 2 is 2.43 bits per heavy atom. The van der Waals surface area contributed by atoms with Gasteiger partial charge < -0.3 is 5.11 Å². The molecular formula is C10H15NO3. The minimum Gasteiger partial charge on any atom is -0.478 e. The van der Waals surface area contributed by atoms with Crippen molar-refractivity contribution in [3.8, 4) is 0 Å². The molecule has 0 aliphatic carbocycles. The van der Waals surface area contributed by atoms with Crippen LogP contribution in [0.3, 0.4) is 0 Å². The van der Waals surface area contributed by atoms with E-state index in [0.717, 1.165) is 19.2 Å². The van der Waals surface area contributed by atoms with Crippen LogP contribution in [0.25, 0.3) is 0 Å². The molecule has 0 aromatic rings. The molecular weight excluding hydrogens is 182 g/mol. The summed E-state index contributed by atoms with van der Waals surface area (Å²) in [6.07, 6.45) is 3.34. The summed E-state index contributed by atoms with van der Waals surface area (Å²) in [4.78, 5) is 23.5. The third-order valence-electron chi connectivity index (χ3n) is 2.38. The number of aliphatic carboxylic acids is 1. The van der Waals surface area contributed by atoms with Gasteiger partial charge in [-0.2, -0.15) is 0 Å². The fraction of sp³-hybridized carbons (Fsp3) is 0.600. The molecule has 0 amide bonds. The monoisotopic (exact) mass is 197 g/mol. The average Bonchev–Trinajstić information content (AvgIpc) is 2.10. The standard InChI is InChI=1S/C10H15NO3/c1-8-7-11(6-4-9(8)12)5-2-3-10(13)14/h2-3,8H,4-7H2,1H3,(H,13,14)/b3-2+. The molecule has 0 aromatic carbocycles. The molecule has 0 saturated carbocycles. The predicted molar refractivity (Wildman–Crippen MR) is 52.0 cm³/mol. The molecule has 1 atom stereocenters. The van der Waals surface area contributed by atoms with Gasteiger partial charge in [-0.15, -0.1) is 0 Å². The molecule has 0 aromatic heterocycles. The summed E-state index contributed by atoms with van der Waals surface area (Å²) in [6.45, 7) is 4.01.